The molecule has 0 aromatic heterocycles. The van der Waals surface area contributed by atoms with E-state index < -0.39 is 0 Å². The smallest absolute Gasteiger partial charge is 0.0474 e. The molecule has 1 aliphatic carbocycles. The lowest BCUT2D eigenvalue weighted by Crippen LogP contribution is -2.40. The molecule has 2 atom stereocenters. The maximum Gasteiger partial charge on any atom is 0.0474 e. The van der Waals surface area contributed by atoms with Gasteiger partial charge in [0.15, 0.2) is 0 Å². The monoisotopic (exact) mass is 169 g/mol. The molecule has 0 aromatic rings. The summed E-state index contributed by atoms with van der Waals surface area (Å²) in [7, 11) is 0. The van der Waals surface area contributed by atoms with Gasteiger partial charge in [0, 0.05) is 19.2 Å². The highest BCUT2D eigenvalue weighted by atomic mass is 16.3. The lowest BCUT2D eigenvalue weighted by molar-refractivity contribution is 0.155. The Morgan fingerprint density at radius 2 is 2.17 bits per heavy atom. The minimum atomic E-state index is 0.328. The van der Waals surface area contributed by atoms with Crippen molar-refractivity contribution in [2.24, 2.45) is 5.92 Å². The molecule has 2 N–H and O–H groups in total. The molecule has 0 bridgehead atoms. The van der Waals surface area contributed by atoms with Crippen LogP contribution in [0.3, 0.4) is 0 Å². The predicted molar refractivity (Wildman–Crippen MR) is 51.0 cm³/mol. The van der Waals surface area contributed by atoms with Crippen molar-refractivity contribution in [2.45, 2.75) is 31.7 Å². The minimum Gasteiger partial charge on any atom is -0.396 e. The highest BCUT2D eigenvalue weighted by Crippen LogP contribution is 2.23. The molecule has 0 radical (unpaired) electrons. The minimum absolute atomic E-state index is 0.328. The Labute approximate surface area is 74.7 Å². The average Bonchev–Trinajstić information content (AvgIpc) is 2.15. The van der Waals surface area contributed by atoms with Crippen LogP contribution in [0.4, 0.5) is 0 Å². The molecule has 0 heterocycles. The van der Waals surface area contributed by atoms with Crippen molar-refractivity contribution in [1.29, 1.82) is 0 Å². The van der Waals surface area contributed by atoms with Crippen molar-refractivity contribution in [2.75, 3.05) is 13.2 Å². The molecule has 1 aliphatic rings. The molecular weight excluding hydrogens is 150 g/mol. The summed E-state index contributed by atoms with van der Waals surface area (Å²) in [5, 5.41) is 12.5. The van der Waals surface area contributed by atoms with Crippen molar-refractivity contribution >= 4 is 0 Å². The fourth-order valence-corrected chi connectivity index (χ4v) is 1.93. The highest BCUT2D eigenvalue weighted by molar-refractivity contribution is 4.83. The molecule has 2 unspecified atom stereocenters. The van der Waals surface area contributed by atoms with Crippen LogP contribution < -0.4 is 5.32 Å². The highest BCUT2D eigenvalue weighted by Gasteiger charge is 2.22. The van der Waals surface area contributed by atoms with E-state index in [-0.39, 0.29) is 0 Å². The first-order valence-electron chi connectivity index (χ1n) is 4.83. The lowest BCUT2D eigenvalue weighted by Gasteiger charge is -2.30. The zero-order valence-electron chi connectivity index (χ0n) is 7.63. The molecule has 2 heteroatoms. The normalized spacial score (nSPS) is 30.1. The predicted octanol–water partition coefficient (Wildman–Crippen LogP) is 1.31. The maximum atomic E-state index is 9.09. The van der Waals surface area contributed by atoms with E-state index in [1.54, 1.807) is 0 Å². The zero-order chi connectivity index (χ0) is 8.81. The van der Waals surface area contributed by atoms with Crippen LogP contribution in [0.25, 0.3) is 0 Å². The summed E-state index contributed by atoms with van der Waals surface area (Å²) < 4.78 is 0. The SMILES string of the molecule is C=CCNC1CCCCC1CO. The summed E-state index contributed by atoms with van der Waals surface area (Å²) in [6.45, 7) is 4.86. The van der Waals surface area contributed by atoms with Gasteiger partial charge in [0.25, 0.3) is 0 Å². The van der Waals surface area contributed by atoms with Crippen LogP contribution in [-0.4, -0.2) is 24.3 Å². The molecule has 1 saturated carbocycles. The van der Waals surface area contributed by atoms with E-state index in [9.17, 15) is 0 Å². The molecule has 0 spiro atoms. The van der Waals surface area contributed by atoms with E-state index in [0.29, 0.717) is 18.6 Å². The van der Waals surface area contributed by atoms with E-state index in [2.05, 4.69) is 11.9 Å². The second-order valence-corrected chi connectivity index (χ2v) is 3.53. The third-order valence-electron chi connectivity index (χ3n) is 2.67. The first-order valence-corrected chi connectivity index (χ1v) is 4.83. The maximum absolute atomic E-state index is 9.09. The summed E-state index contributed by atoms with van der Waals surface area (Å²) in [4.78, 5) is 0. The van der Waals surface area contributed by atoms with Gasteiger partial charge in [-0.2, -0.15) is 0 Å². The van der Waals surface area contributed by atoms with E-state index in [1.165, 1.54) is 25.7 Å². The number of hydrogen-bond acceptors (Lipinski definition) is 2. The summed E-state index contributed by atoms with van der Waals surface area (Å²) in [6.07, 6.45) is 6.83. The first-order chi connectivity index (χ1) is 5.88. The molecule has 1 rings (SSSR count). The van der Waals surface area contributed by atoms with Gasteiger partial charge in [0.2, 0.25) is 0 Å². The van der Waals surface area contributed by atoms with E-state index >= 15 is 0 Å². The van der Waals surface area contributed by atoms with Crippen molar-refractivity contribution in [3.63, 3.8) is 0 Å². The quantitative estimate of drug-likeness (QED) is 0.622. The lowest BCUT2D eigenvalue weighted by atomic mass is 9.85. The first kappa shape index (κ1) is 9.75. The molecule has 1 fully saturated rings. The van der Waals surface area contributed by atoms with Crippen LogP contribution in [0.5, 0.6) is 0 Å². The van der Waals surface area contributed by atoms with Crippen molar-refractivity contribution in [3.05, 3.63) is 12.7 Å². The van der Waals surface area contributed by atoms with Gasteiger partial charge in [-0.05, 0) is 18.8 Å². The van der Waals surface area contributed by atoms with Crippen molar-refractivity contribution < 1.29 is 5.11 Å². The second-order valence-electron chi connectivity index (χ2n) is 3.53. The number of rotatable bonds is 4. The Kier molecular flexibility index (Phi) is 4.33. The summed E-state index contributed by atoms with van der Waals surface area (Å²) >= 11 is 0. The van der Waals surface area contributed by atoms with E-state index in [1.807, 2.05) is 6.08 Å². The third-order valence-corrected chi connectivity index (χ3v) is 2.67. The van der Waals surface area contributed by atoms with Gasteiger partial charge in [0.1, 0.15) is 0 Å². The van der Waals surface area contributed by atoms with Gasteiger partial charge in [-0.15, -0.1) is 6.58 Å². The van der Waals surface area contributed by atoms with Gasteiger partial charge in [-0.1, -0.05) is 18.9 Å². The Balaban J connectivity index is 2.30. The molecule has 0 aromatic carbocycles. The zero-order valence-corrected chi connectivity index (χ0v) is 7.63. The fourth-order valence-electron chi connectivity index (χ4n) is 1.93. The van der Waals surface area contributed by atoms with Crippen LogP contribution in [0, 0.1) is 5.92 Å². The Morgan fingerprint density at radius 1 is 1.42 bits per heavy atom. The summed E-state index contributed by atoms with van der Waals surface area (Å²) in [5.74, 6) is 0.471. The van der Waals surface area contributed by atoms with Crippen LogP contribution in [0.15, 0.2) is 12.7 Å². The van der Waals surface area contributed by atoms with Gasteiger partial charge in [-0.25, -0.2) is 0 Å². The Bertz CT molecular complexity index is 136. The van der Waals surface area contributed by atoms with E-state index in [4.69, 9.17) is 5.11 Å². The van der Waals surface area contributed by atoms with E-state index in [0.717, 1.165) is 6.54 Å². The molecule has 0 aliphatic heterocycles. The standard InChI is InChI=1S/C10H19NO/c1-2-7-11-10-6-4-3-5-9(10)8-12/h2,9-12H,1,3-8H2. The van der Waals surface area contributed by atoms with Crippen LogP contribution in [0.1, 0.15) is 25.7 Å². The van der Waals surface area contributed by atoms with Crippen LogP contribution in [-0.2, 0) is 0 Å². The average molecular weight is 169 g/mol. The van der Waals surface area contributed by atoms with Crippen LogP contribution >= 0.6 is 0 Å². The van der Waals surface area contributed by atoms with Gasteiger partial charge >= 0.3 is 0 Å². The molecule has 12 heavy (non-hydrogen) atoms. The number of aliphatic hydroxyl groups excluding tert-OH is 1. The molecule has 0 amide bonds. The van der Waals surface area contributed by atoms with Crippen LogP contribution in [0.2, 0.25) is 0 Å². The number of nitrogens with one attached hydrogen (secondary N) is 1. The third kappa shape index (κ3) is 2.61. The topological polar surface area (TPSA) is 32.3 Å². The number of aliphatic hydroxyl groups is 1. The largest absolute Gasteiger partial charge is 0.396 e. The molecule has 70 valence electrons. The Hall–Kier alpha value is -0.340. The van der Waals surface area contributed by atoms with Gasteiger partial charge in [-0.3, -0.25) is 0 Å². The van der Waals surface area contributed by atoms with Crippen molar-refractivity contribution in [1.82, 2.24) is 5.32 Å². The van der Waals surface area contributed by atoms with Gasteiger partial charge in [0.05, 0.1) is 0 Å². The molecule has 0 saturated heterocycles. The molecule has 2 nitrogen and oxygen atoms in total. The number of hydrogen-bond donors (Lipinski definition) is 2. The molecular formula is C10H19NO. The Morgan fingerprint density at radius 3 is 2.83 bits per heavy atom. The summed E-state index contributed by atoms with van der Waals surface area (Å²) in [6, 6.07) is 0.516. The van der Waals surface area contributed by atoms with Gasteiger partial charge < -0.3 is 10.4 Å². The van der Waals surface area contributed by atoms with Crippen molar-refractivity contribution in [3.8, 4) is 0 Å². The summed E-state index contributed by atoms with van der Waals surface area (Å²) in [5.41, 5.74) is 0. The second kappa shape index (κ2) is 5.33. The fraction of sp³-hybridized carbons (Fsp3) is 0.800.